The molecular formula is C5H3BrN4O. The van der Waals surface area contributed by atoms with Crippen LogP contribution in [0.5, 0.6) is 0 Å². The summed E-state index contributed by atoms with van der Waals surface area (Å²) in [7, 11) is 0. The molecule has 0 aromatic heterocycles. The zero-order valence-corrected chi connectivity index (χ0v) is 6.87. The van der Waals surface area contributed by atoms with Crippen LogP contribution in [-0.2, 0) is 4.79 Å². The smallest absolute Gasteiger partial charge is 0.275 e. The van der Waals surface area contributed by atoms with Crippen molar-refractivity contribution in [3.8, 4) is 0 Å². The van der Waals surface area contributed by atoms with Gasteiger partial charge in [-0.2, -0.15) is 0 Å². The number of hydrogen-bond acceptors (Lipinski definition) is 4. The molecule has 2 aliphatic rings. The maximum absolute atomic E-state index is 11.0. The molecule has 0 aromatic rings. The quantitative estimate of drug-likeness (QED) is 0.590. The molecule has 2 heterocycles. The van der Waals surface area contributed by atoms with Crippen LogP contribution in [0.15, 0.2) is 15.2 Å². The van der Waals surface area contributed by atoms with Crippen molar-refractivity contribution in [2.45, 2.75) is 6.04 Å². The normalized spacial score (nSPS) is 27.4. The Morgan fingerprint density at radius 3 is 3.09 bits per heavy atom. The Labute approximate surface area is 70.4 Å². The first kappa shape index (κ1) is 6.66. The van der Waals surface area contributed by atoms with Gasteiger partial charge >= 0.3 is 0 Å². The fourth-order valence-electron chi connectivity index (χ4n) is 0.870. The molecular weight excluding hydrogens is 212 g/mol. The summed E-state index contributed by atoms with van der Waals surface area (Å²) in [6, 6.07) is -0.316. The van der Waals surface area contributed by atoms with E-state index in [2.05, 4.69) is 36.4 Å². The zero-order chi connectivity index (χ0) is 7.84. The molecule has 1 N–H and O–H groups in total. The molecule has 6 heteroatoms. The summed E-state index contributed by atoms with van der Waals surface area (Å²) in [4.78, 5) is 15.0. The summed E-state index contributed by atoms with van der Waals surface area (Å²) in [6.45, 7) is 0. The van der Waals surface area contributed by atoms with Gasteiger partial charge in [0.05, 0.1) is 6.34 Å². The van der Waals surface area contributed by atoms with Gasteiger partial charge in [-0.25, -0.2) is 0 Å². The number of amides is 1. The molecule has 0 saturated carbocycles. The van der Waals surface area contributed by atoms with Gasteiger partial charge in [-0.05, 0) is 15.9 Å². The van der Waals surface area contributed by atoms with Gasteiger partial charge in [-0.15, -0.1) is 10.2 Å². The van der Waals surface area contributed by atoms with Crippen molar-refractivity contribution in [2.24, 2.45) is 15.2 Å². The Hall–Kier alpha value is -1.04. The van der Waals surface area contributed by atoms with Gasteiger partial charge in [0.15, 0.2) is 11.8 Å². The van der Waals surface area contributed by atoms with Crippen molar-refractivity contribution in [1.29, 1.82) is 0 Å². The third kappa shape index (κ3) is 0.900. The van der Waals surface area contributed by atoms with Crippen molar-refractivity contribution >= 4 is 38.5 Å². The average Bonchev–Trinajstić information content (AvgIpc) is 2.35. The van der Waals surface area contributed by atoms with Gasteiger partial charge in [0.2, 0.25) is 0 Å². The van der Waals surface area contributed by atoms with Crippen LogP contribution >= 0.6 is 15.9 Å². The topological polar surface area (TPSA) is 66.2 Å². The third-order valence-electron chi connectivity index (χ3n) is 1.39. The fourth-order valence-corrected chi connectivity index (χ4v) is 1.28. The number of halogens is 1. The highest BCUT2D eigenvalue weighted by molar-refractivity contribution is 9.18. The molecule has 0 radical (unpaired) electrons. The van der Waals surface area contributed by atoms with Gasteiger partial charge in [0.25, 0.3) is 5.91 Å². The average molecular weight is 215 g/mol. The Morgan fingerprint density at radius 2 is 2.36 bits per heavy atom. The lowest BCUT2D eigenvalue weighted by molar-refractivity contribution is -0.113. The van der Waals surface area contributed by atoms with Crippen molar-refractivity contribution in [2.75, 3.05) is 0 Å². The summed E-state index contributed by atoms with van der Waals surface area (Å²) in [5.41, 5.74) is 0.347. The summed E-state index contributed by atoms with van der Waals surface area (Å²) >= 11 is 3.15. The molecule has 1 amide bonds. The summed E-state index contributed by atoms with van der Waals surface area (Å²) in [6.07, 6.45) is 1.36. The first-order valence-electron chi connectivity index (χ1n) is 2.92. The summed E-state index contributed by atoms with van der Waals surface area (Å²) in [5, 5.41) is 9.75. The SMILES string of the molecule is O=C1NC=NC2C(Br)=NN=C12. The number of carbonyl (C=O) groups excluding carboxylic acids is 1. The number of hydrogen-bond donors (Lipinski definition) is 1. The van der Waals surface area contributed by atoms with E-state index >= 15 is 0 Å². The minimum absolute atomic E-state index is 0.233. The number of nitrogens with one attached hydrogen (secondary N) is 1. The van der Waals surface area contributed by atoms with E-state index in [1.54, 1.807) is 0 Å². The summed E-state index contributed by atoms with van der Waals surface area (Å²) in [5.74, 6) is -0.233. The molecule has 2 rings (SSSR count). The van der Waals surface area contributed by atoms with E-state index in [-0.39, 0.29) is 11.9 Å². The largest absolute Gasteiger partial charge is 0.312 e. The van der Waals surface area contributed by atoms with Gasteiger partial charge in [-0.3, -0.25) is 9.79 Å². The van der Waals surface area contributed by atoms with E-state index in [1.807, 2.05) is 0 Å². The van der Waals surface area contributed by atoms with E-state index < -0.39 is 0 Å². The zero-order valence-electron chi connectivity index (χ0n) is 5.28. The molecule has 2 aliphatic heterocycles. The molecule has 0 bridgehead atoms. The van der Waals surface area contributed by atoms with Crippen LogP contribution in [0.4, 0.5) is 0 Å². The number of aliphatic imine (C=N–C) groups is 1. The van der Waals surface area contributed by atoms with E-state index in [9.17, 15) is 4.79 Å². The van der Waals surface area contributed by atoms with Gasteiger partial charge in [0, 0.05) is 0 Å². The maximum Gasteiger partial charge on any atom is 0.275 e. The van der Waals surface area contributed by atoms with Crippen LogP contribution in [0.1, 0.15) is 0 Å². The molecule has 11 heavy (non-hydrogen) atoms. The monoisotopic (exact) mass is 214 g/mol. The van der Waals surface area contributed by atoms with E-state index in [4.69, 9.17) is 0 Å². The van der Waals surface area contributed by atoms with Gasteiger partial charge in [-0.1, -0.05) is 0 Å². The van der Waals surface area contributed by atoms with Crippen molar-refractivity contribution in [3.05, 3.63) is 0 Å². The van der Waals surface area contributed by atoms with Crippen LogP contribution in [0.3, 0.4) is 0 Å². The summed E-state index contributed by atoms with van der Waals surface area (Å²) < 4.78 is 0.582. The molecule has 56 valence electrons. The van der Waals surface area contributed by atoms with Crippen molar-refractivity contribution < 1.29 is 4.79 Å². The number of nitrogens with zero attached hydrogens (tertiary/aromatic N) is 3. The lowest BCUT2D eigenvalue weighted by atomic mass is 10.2. The minimum Gasteiger partial charge on any atom is -0.312 e. The lowest BCUT2D eigenvalue weighted by Crippen LogP contribution is -2.41. The Morgan fingerprint density at radius 1 is 1.55 bits per heavy atom. The second-order valence-electron chi connectivity index (χ2n) is 2.06. The predicted octanol–water partition coefficient (Wildman–Crippen LogP) is -0.324. The van der Waals surface area contributed by atoms with Crippen LogP contribution in [-0.4, -0.2) is 28.6 Å². The second-order valence-corrected chi connectivity index (χ2v) is 2.87. The van der Waals surface area contributed by atoms with Crippen molar-refractivity contribution in [3.63, 3.8) is 0 Å². The van der Waals surface area contributed by atoms with E-state index in [1.165, 1.54) is 6.34 Å². The van der Waals surface area contributed by atoms with Gasteiger partial charge < -0.3 is 5.32 Å². The van der Waals surface area contributed by atoms with Gasteiger partial charge in [0.1, 0.15) is 4.62 Å². The molecule has 0 fully saturated rings. The molecule has 1 atom stereocenters. The van der Waals surface area contributed by atoms with Crippen LogP contribution in [0, 0.1) is 0 Å². The predicted molar refractivity (Wildman–Crippen MR) is 44.2 cm³/mol. The van der Waals surface area contributed by atoms with Crippen LogP contribution in [0.25, 0.3) is 0 Å². The van der Waals surface area contributed by atoms with E-state index in [0.717, 1.165) is 0 Å². The highest BCUT2D eigenvalue weighted by Crippen LogP contribution is 2.13. The number of fused-ring (bicyclic) bond motifs is 1. The molecule has 0 spiro atoms. The number of rotatable bonds is 0. The highest BCUT2D eigenvalue weighted by Gasteiger charge is 2.32. The molecule has 1 unspecified atom stereocenters. The molecule has 5 nitrogen and oxygen atoms in total. The van der Waals surface area contributed by atoms with E-state index in [0.29, 0.717) is 10.3 Å². The molecule has 0 aliphatic carbocycles. The standard InChI is InChI=1S/C5H3BrN4O/c6-4-2-3(9-10-4)5(11)8-1-7-2/h1-2H,(H,7,8,11). The Kier molecular flexibility index (Phi) is 1.35. The molecule has 0 saturated heterocycles. The Bertz CT molecular complexity index is 306. The Balaban J connectivity index is 2.41. The third-order valence-corrected chi connectivity index (χ3v) is 1.98. The first-order chi connectivity index (χ1) is 5.29. The minimum atomic E-state index is -0.316. The van der Waals surface area contributed by atoms with Crippen molar-refractivity contribution in [1.82, 2.24) is 5.32 Å². The second kappa shape index (κ2) is 2.23. The maximum atomic E-state index is 11.0. The fraction of sp³-hybridized carbons (Fsp3) is 0.200. The highest BCUT2D eigenvalue weighted by atomic mass is 79.9. The molecule has 0 aromatic carbocycles. The first-order valence-corrected chi connectivity index (χ1v) is 3.72. The lowest BCUT2D eigenvalue weighted by Gasteiger charge is -2.10. The van der Waals surface area contributed by atoms with Crippen LogP contribution in [0.2, 0.25) is 0 Å². The number of carbonyl (C=O) groups is 1. The van der Waals surface area contributed by atoms with Crippen LogP contribution < -0.4 is 5.32 Å².